The van der Waals surface area contributed by atoms with E-state index < -0.39 is 41.9 Å². The van der Waals surface area contributed by atoms with Gasteiger partial charge in [0.2, 0.25) is 0 Å². The minimum absolute atomic E-state index is 0.0261. The number of cyclic esters (lactones) is 1. The van der Waals surface area contributed by atoms with Gasteiger partial charge in [-0.25, -0.2) is 4.79 Å². The number of carbonyl (C=O) groups excluding carboxylic acids is 1. The number of fused-ring (bicyclic) bond motifs is 3. The molecular formula is C30H44O9. The molecule has 0 aromatic carbocycles. The zero-order valence-electron chi connectivity index (χ0n) is 23.5. The maximum Gasteiger partial charge on any atom is 0.331 e. The van der Waals surface area contributed by atoms with E-state index in [1.165, 1.54) is 7.11 Å². The Hall–Kier alpha value is -1.07. The predicted molar refractivity (Wildman–Crippen MR) is 137 cm³/mol. The molecule has 39 heavy (non-hydrogen) atoms. The van der Waals surface area contributed by atoms with E-state index in [-0.39, 0.29) is 40.8 Å². The molecule has 4 aliphatic carbocycles. The first kappa shape index (κ1) is 26.8. The Bertz CT molecular complexity index is 1060. The summed E-state index contributed by atoms with van der Waals surface area (Å²) in [4.78, 5) is 11.9. The van der Waals surface area contributed by atoms with Gasteiger partial charge in [-0.1, -0.05) is 13.8 Å². The molecule has 0 aromatic rings. The molecule has 0 amide bonds. The predicted octanol–water partition coefficient (Wildman–Crippen LogP) is 2.24. The molecule has 2 saturated heterocycles. The minimum Gasteiger partial charge on any atom is -0.458 e. The molecule has 0 aromatic heterocycles. The Kier molecular flexibility index (Phi) is 6.00. The van der Waals surface area contributed by atoms with Crippen LogP contribution in [0.25, 0.3) is 0 Å². The van der Waals surface area contributed by atoms with Crippen molar-refractivity contribution in [3.8, 4) is 0 Å². The highest BCUT2D eigenvalue weighted by atomic mass is 16.7. The fourth-order valence-corrected chi connectivity index (χ4v) is 10.5. The van der Waals surface area contributed by atoms with E-state index >= 15 is 0 Å². The van der Waals surface area contributed by atoms with Gasteiger partial charge in [0, 0.05) is 18.6 Å². The molecule has 6 fully saturated rings. The van der Waals surface area contributed by atoms with E-state index in [9.17, 15) is 20.1 Å². The number of carbonyl (C=O) groups is 1. The first-order valence-corrected chi connectivity index (χ1v) is 15.0. The number of rotatable bonds is 4. The van der Waals surface area contributed by atoms with Gasteiger partial charge < -0.3 is 39.0 Å². The van der Waals surface area contributed by atoms with Crippen LogP contribution in [0.1, 0.15) is 72.1 Å². The molecule has 4 saturated carbocycles. The van der Waals surface area contributed by atoms with Crippen LogP contribution in [-0.4, -0.2) is 89.1 Å². The zero-order chi connectivity index (χ0) is 27.5. The van der Waals surface area contributed by atoms with Crippen LogP contribution in [0.5, 0.6) is 0 Å². The van der Waals surface area contributed by atoms with Crippen LogP contribution in [0.3, 0.4) is 0 Å². The number of aliphatic hydroxyl groups excluding tert-OH is 2. The minimum atomic E-state index is -1.06. The monoisotopic (exact) mass is 548 g/mol. The molecule has 7 rings (SSSR count). The lowest BCUT2D eigenvalue weighted by Crippen LogP contribution is -2.68. The van der Waals surface area contributed by atoms with Crippen molar-refractivity contribution in [3.05, 3.63) is 11.6 Å². The van der Waals surface area contributed by atoms with Crippen molar-refractivity contribution in [3.63, 3.8) is 0 Å². The van der Waals surface area contributed by atoms with Crippen LogP contribution in [0.2, 0.25) is 0 Å². The van der Waals surface area contributed by atoms with Gasteiger partial charge in [0.05, 0.1) is 18.3 Å². The largest absolute Gasteiger partial charge is 0.458 e. The summed E-state index contributed by atoms with van der Waals surface area (Å²) in [5.74, 6) is 0.532. The third kappa shape index (κ3) is 3.41. The van der Waals surface area contributed by atoms with Gasteiger partial charge in [0.25, 0.3) is 0 Å². The van der Waals surface area contributed by atoms with Gasteiger partial charge in [-0.2, -0.15) is 0 Å². The molecule has 3 aliphatic heterocycles. The topological polar surface area (TPSA) is 127 Å². The fourth-order valence-electron chi connectivity index (χ4n) is 10.5. The van der Waals surface area contributed by atoms with Crippen molar-refractivity contribution in [2.24, 2.45) is 28.6 Å². The summed E-state index contributed by atoms with van der Waals surface area (Å²) in [6.07, 6.45) is 4.59. The van der Waals surface area contributed by atoms with E-state index in [2.05, 4.69) is 13.8 Å². The summed E-state index contributed by atoms with van der Waals surface area (Å²) in [6, 6.07) is 0. The highest BCUT2D eigenvalue weighted by molar-refractivity contribution is 5.85. The van der Waals surface area contributed by atoms with Crippen LogP contribution < -0.4 is 0 Å². The maximum absolute atomic E-state index is 12.6. The van der Waals surface area contributed by atoms with Gasteiger partial charge in [0.15, 0.2) is 6.29 Å². The molecule has 218 valence electrons. The number of esters is 1. The van der Waals surface area contributed by atoms with Gasteiger partial charge in [-0.15, -0.1) is 0 Å². The highest BCUT2D eigenvalue weighted by Gasteiger charge is 2.84. The normalized spacial score (nSPS) is 58.0. The number of hydrogen-bond donors (Lipinski definition) is 3. The summed E-state index contributed by atoms with van der Waals surface area (Å²) in [5, 5.41) is 33.7. The summed E-state index contributed by atoms with van der Waals surface area (Å²) in [6.45, 7) is 6.73. The number of epoxide rings is 1. The standard InChI is InChI=1S/C30H44O9/c1-15-23(32)25(35-4)24(33)26(37-15)38-18-5-8-27(2)17(12-18)13-21-30(39-21)20(27)7-9-28(3)19(6-10-29(28,30)34)16-11-22(31)36-14-16/h11,15,17-21,23-26,32-34H,5-10,12-14H2,1-4H3. The quantitative estimate of drug-likeness (QED) is 0.275. The van der Waals surface area contributed by atoms with Crippen molar-refractivity contribution in [2.45, 2.75) is 126 Å². The van der Waals surface area contributed by atoms with E-state index in [1.807, 2.05) is 0 Å². The van der Waals surface area contributed by atoms with Crippen molar-refractivity contribution in [1.82, 2.24) is 0 Å². The molecule has 9 heteroatoms. The van der Waals surface area contributed by atoms with E-state index in [4.69, 9.17) is 23.7 Å². The second-order valence-corrected chi connectivity index (χ2v) is 14.0. The fraction of sp³-hybridized carbons (Fsp3) is 0.900. The summed E-state index contributed by atoms with van der Waals surface area (Å²) >= 11 is 0. The summed E-state index contributed by atoms with van der Waals surface area (Å²) in [7, 11) is 1.48. The van der Waals surface area contributed by atoms with Crippen LogP contribution >= 0.6 is 0 Å². The summed E-state index contributed by atoms with van der Waals surface area (Å²) in [5.41, 5.74) is -0.712. The number of ether oxygens (including phenoxy) is 5. The van der Waals surface area contributed by atoms with Crippen LogP contribution in [0.4, 0.5) is 0 Å². The number of methoxy groups -OCH3 is 1. The highest BCUT2D eigenvalue weighted by Crippen LogP contribution is 2.77. The van der Waals surface area contributed by atoms with Crippen molar-refractivity contribution >= 4 is 5.97 Å². The van der Waals surface area contributed by atoms with Crippen molar-refractivity contribution in [1.29, 1.82) is 0 Å². The lowest BCUT2D eigenvalue weighted by molar-refractivity contribution is -0.312. The molecule has 7 aliphatic rings. The lowest BCUT2D eigenvalue weighted by atomic mass is 9.43. The van der Waals surface area contributed by atoms with Gasteiger partial charge in [-0.3, -0.25) is 0 Å². The molecular weight excluding hydrogens is 504 g/mol. The second-order valence-electron chi connectivity index (χ2n) is 14.0. The molecule has 9 nitrogen and oxygen atoms in total. The van der Waals surface area contributed by atoms with Crippen LogP contribution in [-0.2, 0) is 28.5 Å². The average molecular weight is 549 g/mol. The Morgan fingerprint density at radius 3 is 2.56 bits per heavy atom. The third-order valence-corrected chi connectivity index (χ3v) is 12.7. The van der Waals surface area contributed by atoms with Gasteiger partial charge >= 0.3 is 5.97 Å². The van der Waals surface area contributed by atoms with Crippen molar-refractivity contribution in [2.75, 3.05) is 13.7 Å². The van der Waals surface area contributed by atoms with E-state index in [0.717, 1.165) is 50.5 Å². The molecule has 0 bridgehead atoms. The Labute approximate surface area is 230 Å². The molecule has 3 heterocycles. The Morgan fingerprint density at radius 2 is 1.85 bits per heavy atom. The zero-order valence-corrected chi connectivity index (χ0v) is 23.5. The first-order chi connectivity index (χ1) is 18.5. The molecule has 3 N–H and O–H groups in total. The number of hydrogen-bond acceptors (Lipinski definition) is 9. The third-order valence-electron chi connectivity index (χ3n) is 12.7. The van der Waals surface area contributed by atoms with Crippen LogP contribution in [0.15, 0.2) is 11.6 Å². The van der Waals surface area contributed by atoms with E-state index in [1.54, 1.807) is 13.0 Å². The number of aliphatic hydroxyl groups is 3. The summed E-state index contributed by atoms with van der Waals surface area (Å²) < 4.78 is 29.5. The molecule has 14 atom stereocenters. The molecule has 1 spiro atoms. The molecule has 14 unspecified atom stereocenters. The lowest BCUT2D eigenvalue weighted by Gasteiger charge is -2.62. The first-order valence-electron chi connectivity index (χ1n) is 15.0. The maximum atomic E-state index is 12.6. The Morgan fingerprint density at radius 1 is 1.05 bits per heavy atom. The van der Waals surface area contributed by atoms with Gasteiger partial charge in [-0.05, 0) is 87.0 Å². The Balaban J connectivity index is 1.09. The van der Waals surface area contributed by atoms with Crippen LogP contribution in [0, 0.1) is 28.6 Å². The van der Waals surface area contributed by atoms with Crippen molar-refractivity contribution < 1.29 is 43.8 Å². The average Bonchev–Trinajstić information content (AvgIpc) is 3.34. The SMILES string of the molecule is COC1C(O)C(C)OC(OC2CCC3(C)C(C2)CC2OC24C3CCC2(C)C(C3=CC(=O)OC3)CCC24O)C1O. The smallest absolute Gasteiger partial charge is 0.331 e. The van der Waals surface area contributed by atoms with E-state index in [0.29, 0.717) is 18.9 Å². The second kappa shape index (κ2) is 8.72. The molecule has 0 radical (unpaired) electrons. The van der Waals surface area contributed by atoms with Gasteiger partial charge in [0.1, 0.15) is 36.1 Å².